The zero-order chi connectivity index (χ0) is 21.0. The lowest BCUT2D eigenvalue weighted by Gasteiger charge is -2.18. The van der Waals surface area contributed by atoms with Gasteiger partial charge in [0.2, 0.25) is 0 Å². The summed E-state index contributed by atoms with van der Waals surface area (Å²) in [5.41, 5.74) is 2.65. The molecule has 0 radical (unpaired) electrons. The van der Waals surface area contributed by atoms with E-state index in [4.69, 9.17) is 0 Å². The van der Waals surface area contributed by atoms with Crippen molar-refractivity contribution in [3.8, 4) is 22.3 Å². The maximum absolute atomic E-state index is 14.6. The van der Waals surface area contributed by atoms with Crippen molar-refractivity contribution < 1.29 is 17.6 Å². The molecule has 0 N–H and O–H groups in total. The predicted octanol–water partition coefficient (Wildman–Crippen LogP) is 8.28. The molecule has 0 bridgehead atoms. The van der Waals surface area contributed by atoms with Crippen molar-refractivity contribution in [1.82, 2.24) is 0 Å². The van der Waals surface area contributed by atoms with Crippen LogP contribution in [0, 0.1) is 18.6 Å². The van der Waals surface area contributed by atoms with Crippen LogP contribution in [0.4, 0.5) is 17.6 Å². The predicted molar refractivity (Wildman–Crippen MR) is 110 cm³/mol. The first kappa shape index (κ1) is 21.1. The van der Waals surface area contributed by atoms with Gasteiger partial charge in [-0.3, -0.25) is 0 Å². The van der Waals surface area contributed by atoms with Crippen LogP contribution >= 0.6 is 0 Å². The summed E-state index contributed by atoms with van der Waals surface area (Å²) in [5.74, 6) is -6.08. The molecule has 3 rings (SSSR count). The standard InChI is InChI=1S/C25H24F4/c1-3-4-5-16-25(28,29)22-15-14-21(23(26)24(22)27)20-12-10-19(11-13-20)18-8-6-17(2)7-9-18/h6-15H,3-5,16H2,1-2H3. The fourth-order valence-electron chi connectivity index (χ4n) is 3.37. The van der Waals surface area contributed by atoms with Gasteiger partial charge in [0.15, 0.2) is 11.6 Å². The monoisotopic (exact) mass is 400 g/mol. The van der Waals surface area contributed by atoms with E-state index < -0.39 is 29.5 Å². The second-order valence-electron chi connectivity index (χ2n) is 7.39. The molecular formula is C25H24F4. The van der Waals surface area contributed by atoms with E-state index in [0.717, 1.165) is 29.2 Å². The SMILES string of the molecule is CCCCCC(F)(F)c1ccc(-c2ccc(-c3ccc(C)cc3)cc2)c(F)c1F. The topological polar surface area (TPSA) is 0 Å². The van der Waals surface area contributed by atoms with Crippen LogP contribution in [0.5, 0.6) is 0 Å². The highest BCUT2D eigenvalue weighted by Crippen LogP contribution is 2.38. The molecule has 0 aliphatic carbocycles. The minimum absolute atomic E-state index is 0.0222. The Bertz CT molecular complexity index is 957. The lowest BCUT2D eigenvalue weighted by Crippen LogP contribution is -2.16. The van der Waals surface area contributed by atoms with E-state index in [9.17, 15) is 17.6 Å². The van der Waals surface area contributed by atoms with Crippen LogP contribution < -0.4 is 0 Å². The molecule has 0 atom stereocenters. The summed E-state index contributed by atoms with van der Waals surface area (Å²) in [4.78, 5) is 0. The highest BCUT2D eigenvalue weighted by molar-refractivity contribution is 5.71. The maximum atomic E-state index is 14.6. The number of unbranched alkanes of at least 4 members (excludes halogenated alkanes) is 2. The van der Waals surface area contributed by atoms with Gasteiger partial charge in [-0.2, -0.15) is 0 Å². The molecule has 0 saturated carbocycles. The number of benzene rings is 3. The zero-order valence-electron chi connectivity index (χ0n) is 16.6. The Morgan fingerprint density at radius 1 is 0.690 bits per heavy atom. The van der Waals surface area contributed by atoms with Gasteiger partial charge in [-0.1, -0.05) is 79.9 Å². The van der Waals surface area contributed by atoms with Crippen molar-refractivity contribution >= 4 is 0 Å². The summed E-state index contributed by atoms with van der Waals surface area (Å²) in [6.07, 6.45) is 1.20. The number of alkyl halides is 2. The largest absolute Gasteiger partial charge is 0.276 e. The fourth-order valence-corrected chi connectivity index (χ4v) is 3.37. The summed E-state index contributed by atoms with van der Waals surface area (Å²) in [6, 6.07) is 17.2. The molecule has 0 spiro atoms. The molecule has 0 amide bonds. The van der Waals surface area contributed by atoms with Crippen molar-refractivity contribution in [2.45, 2.75) is 45.5 Å². The van der Waals surface area contributed by atoms with Gasteiger partial charge in [-0.25, -0.2) is 17.6 Å². The molecule has 0 saturated heterocycles. The van der Waals surface area contributed by atoms with E-state index in [0.29, 0.717) is 12.0 Å². The zero-order valence-corrected chi connectivity index (χ0v) is 16.6. The highest BCUT2D eigenvalue weighted by Gasteiger charge is 2.35. The molecule has 0 unspecified atom stereocenters. The van der Waals surface area contributed by atoms with E-state index in [-0.39, 0.29) is 12.0 Å². The maximum Gasteiger partial charge on any atom is 0.276 e. The van der Waals surface area contributed by atoms with Crippen molar-refractivity contribution in [2.24, 2.45) is 0 Å². The van der Waals surface area contributed by atoms with E-state index in [1.807, 2.05) is 50.2 Å². The Hall–Kier alpha value is -2.62. The molecule has 152 valence electrons. The van der Waals surface area contributed by atoms with Gasteiger partial charge in [0.05, 0.1) is 5.56 Å². The van der Waals surface area contributed by atoms with Gasteiger partial charge in [0.1, 0.15) is 0 Å². The molecule has 4 heteroatoms. The Morgan fingerprint density at radius 2 is 1.24 bits per heavy atom. The van der Waals surface area contributed by atoms with Crippen molar-refractivity contribution in [2.75, 3.05) is 0 Å². The van der Waals surface area contributed by atoms with Gasteiger partial charge in [0.25, 0.3) is 5.92 Å². The lowest BCUT2D eigenvalue weighted by atomic mass is 9.96. The van der Waals surface area contributed by atoms with Gasteiger partial charge < -0.3 is 0 Å². The van der Waals surface area contributed by atoms with Crippen LogP contribution in [0.3, 0.4) is 0 Å². The third kappa shape index (κ3) is 4.69. The summed E-state index contributed by atoms with van der Waals surface area (Å²) in [5, 5.41) is 0. The summed E-state index contributed by atoms with van der Waals surface area (Å²) in [6.45, 7) is 3.90. The average Bonchev–Trinajstić information content (AvgIpc) is 2.71. The highest BCUT2D eigenvalue weighted by atomic mass is 19.3. The van der Waals surface area contributed by atoms with Crippen molar-refractivity contribution in [3.63, 3.8) is 0 Å². The van der Waals surface area contributed by atoms with E-state index in [1.165, 1.54) is 6.07 Å². The average molecular weight is 400 g/mol. The first-order chi connectivity index (χ1) is 13.8. The van der Waals surface area contributed by atoms with Gasteiger partial charge >= 0.3 is 0 Å². The molecule has 0 heterocycles. The van der Waals surface area contributed by atoms with E-state index in [2.05, 4.69) is 0 Å². The van der Waals surface area contributed by atoms with Crippen molar-refractivity contribution in [1.29, 1.82) is 0 Å². The molecule has 0 aliphatic heterocycles. The van der Waals surface area contributed by atoms with Crippen LogP contribution in [-0.2, 0) is 5.92 Å². The Kier molecular flexibility index (Phi) is 6.41. The molecule has 29 heavy (non-hydrogen) atoms. The van der Waals surface area contributed by atoms with E-state index >= 15 is 0 Å². The van der Waals surface area contributed by atoms with Crippen molar-refractivity contribution in [3.05, 3.63) is 83.4 Å². The lowest BCUT2D eigenvalue weighted by molar-refractivity contribution is -0.0195. The number of hydrogen-bond donors (Lipinski definition) is 0. The Balaban J connectivity index is 1.88. The molecule has 0 fully saturated rings. The third-order valence-corrected chi connectivity index (χ3v) is 5.15. The molecule has 0 aromatic heterocycles. The minimum atomic E-state index is -3.38. The van der Waals surface area contributed by atoms with Crippen LogP contribution in [0.1, 0.15) is 43.7 Å². The molecule has 3 aromatic rings. The van der Waals surface area contributed by atoms with E-state index in [1.54, 1.807) is 12.1 Å². The Morgan fingerprint density at radius 3 is 1.83 bits per heavy atom. The number of rotatable bonds is 7. The molecule has 0 nitrogen and oxygen atoms in total. The summed E-state index contributed by atoms with van der Waals surface area (Å²) in [7, 11) is 0. The smallest absolute Gasteiger partial charge is 0.203 e. The fraction of sp³-hybridized carbons (Fsp3) is 0.280. The van der Waals surface area contributed by atoms with Gasteiger partial charge in [0, 0.05) is 12.0 Å². The first-order valence-corrected chi connectivity index (χ1v) is 9.87. The number of hydrogen-bond acceptors (Lipinski definition) is 0. The number of aryl methyl sites for hydroxylation is 1. The molecular weight excluding hydrogens is 376 g/mol. The minimum Gasteiger partial charge on any atom is -0.203 e. The van der Waals surface area contributed by atoms with Gasteiger partial charge in [-0.05, 0) is 36.1 Å². The summed E-state index contributed by atoms with van der Waals surface area (Å²) < 4.78 is 57.7. The summed E-state index contributed by atoms with van der Waals surface area (Å²) >= 11 is 0. The second-order valence-corrected chi connectivity index (χ2v) is 7.39. The Labute approximate surface area is 169 Å². The second kappa shape index (κ2) is 8.81. The normalized spacial score (nSPS) is 11.7. The van der Waals surface area contributed by atoms with Gasteiger partial charge in [-0.15, -0.1) is 0 Å². The van der Waals surface area contributed by atoms with Crippen LogP contribution in [-0.4, -0.2) is 0 Å². The third-order valence-electron chi connectivity index (χ3n) is 5.15. The molecule has 0 aliphatic rings. The van der Waals surface area contributed by atoms with Crippen LogP contribution in [0.25, 0.3) is 22.3 Å². The van der Waals surface area contributed by atoms with Crippen LogP contribution in [0.15, 0.2) is 60.7 Å². The van der Waals surface area contributed by atoms with Crippen LogP contribution in [0.2, 0.25) is 0 Å². The quantitative estimate of drug-likeness (QED) is 0.276. The molecule has 3 aromatic carbocycles. The number of halogens is 4. The first-order valence-electron chi connectivity index (χ1n) is 9.87.